The number of nitrogens with zero attached hydrogens (tertiary/aromatic N) is 7. The first-order valence-corrected chi connectivity index (χ1v) is 23.8. The average Bonchev–Trinajstić information content (AvgIpc) is 3.74. The van der Waals surface area contributed by atoms with Crippen molar-refractivity contribution >= 4 is 50.7 Å². The number of carbonyl (C=O) groups is 2. The minimum Gasteiger partial charge on any atom is -0.496 e. The van der Waals surface area contributed by atoms with Crippen LogP contribution in [0.4, 0.5) is 10.1 Å². The molecule has 0 unspecified atom stereocenters. The molecule has 4 aromatic carbocycles. The van der Waals surface area contributed by atoms with Crippen LogP contribution >= 0.6 is 22.9 Å². The van der Waals surface area contributed by atoms with Crippen LogP contribution in [0, 0.1) is 12.7 Å². The van der Waals surface area contributed by atoms with E-state index < -0.39 is 12.1 Å². The number of carbonyl (C=O) groups excluding carboxylic acids is 2. The molecule has 1 saturated heterocycles. The second-order valence-corrected chi connectivity index (χ2v) is 18.2. The monoisotopic (exact) mass is 955 g/mol. The Labute approximate surface area is 403 Å². The van der Waals surface area contributed by atoms with Crippen LogP contribution in [0.5, 0.6) is 17.4 Å². The highest BCUT2D eigenvalue weighted by Gasteiger charge is 2.31. The Morgan fingerprint density at radius 2 is 1.75 bits per heavy atom. The van der Waals surface area contributed by atoms with Crippen LogP contribution in [0.25, 0.3) is 43.2 Å². The van der Waals surface area contributed by atoms with Gasteiger partial charge in [-0.1, -0.05) is 54.1 Å². The van der Waals surface area contributed by atoms with E-state index in [4.69, 9.17) is 35.5 Å². The number of ether oxygens (including phenoxy) is 4. The van der Waals surface area contributed by atoms with Crippen LogP contribution in [-0.4, -0.2) is 108 Å². The summed E-state index contributed by atoms with van der Waals surface area (Å²) in [5, 5.41) is 0.962. The molecule has 3 aliphatic heterocycles. The van der Waals surface area contributed by atoms with Crippen LogP contribution in [0.1, 0.15) is 35.7 Å². The summed E-state index contributed by atoms with van der Waals surface area (Å²) in [5.74, 6) is 0.597. The van der Waals surface area contributed by atoms with Gasteiger partial charge in [0.2, 0.25) is 17.9 Å². The summed E-state index contributed by atoms with van der Waals surface area (Å²) in [6.45, 7) is 8.99. The van der Waals surface area contributed by atoms with E-state index in [-0.39, 0.29) is 43.7 Å². The number of hydrogen-bond donors (Lipinski definition) is 0. The molecular weight excluding hydrogens is 905 g/mol. The molecule has 350 valence electrons. The smallest absolute Gasteiger partial charge is 0.347 e. The molecule has 3 aliphatic rings. The molecule has 68 heavy (non-hydrogen) atoms. The van der Waals surface area contributed by atoms with Crippen molar-refractivity contribution in [2.24, 2.45) is 0 Å². The van der Waals surface area contributed by atoms with Crippen molar-refractivity contribution in [2.45, 2.75) is 45.8 Å². The standard InChI is InChI=1S/C52H51ClFN7O6S/c1-5-65-52(63)43-29-35-27-33(11-18-41(35)66-30-37-19-20-55-49(58-37)39-9-6-7-10-42(39)64-4)28-44(62)61(22-8-21-60-25-23-59(3)24-26-60)40-17-16-38(32(2)47(40)53)45-46-50(67-43)56-31-57-51(46)68-48(45)34-12-14-36(54)15-13-34/h6-7,9-20,27,31,43H,5,8,21-26,28-30H2,1-4H3/t43-/m1/s1. The van der Waals surface area contributed by atoms with Crippen molar-refractivity contribution in [1.29, 1.82) is 0 Å². The number of rotatable bonds is 12. The summed E-state index contributed by atoms with van der Waals surface area (Å²) in [5.41, 5.74) is 6.14. The number of para-hydroxylation sites is 1. The molecular formula is C52H51ClFN7O6S. The number of halogens is 2. The van der Waals surface area contributed by atoms with E-state index >= 15 is 0 Å². The van der Waals surface area contributed by atoms with Gasteiger partial charge in [-0.05, 0) is 104 Å². The predicted molar refractivity (Wildman–Crippen MR) is 262 cm³/mol. The third kappa shape index (κ3) is 10.0. The molecule has 0 aliphatic carbocycles. The van der Waals surface area contributed by atoms with Gasteiger partial charge in [0.1, 0.15) is 35.1 Å². The molecule has 10 rings (SSSR count). The lowest BCUT2D eigenvalue weighted by Crippen LogP contribution is -2.45. The van der Waals surface area contributed by atoms with Crippen LogP contribution in [0.2, 0.25) is 5.02 Å². The average molecular weight is 957 g/mol. The lowest BCUT2D eigenvalue weighted by atomic mass is 9.95. The number of hydrogen-bond acceptors (Lipinski definition) is 13. The number of esters is 1. The first-order valence-electron chi connectivity index (χ1n) is 22.7. The van der Waals surface area contributed by atoms with Crippen molar-refractivity contribution in [2.75, 3.05) is 64.9 Å². The van der Waals surface area contributed by atoms with Gasteiger partial charge in [-0.2, -0.15) is 0 Å². The highest BCUT2D eigenvalue weighted by atomic mass is 35.5. The first-order chi connectivity index (χ1) is 33.1. The van der Waals surface area contributed by atoms with Gasteiger partial charge in [0, 0.05) is 55.8 Å². The molecule has 0 radical (unpaired) electrons. The maximum absolute atomic E-state index is 14.8. The largest absolute Gasteiger partial charge is 0.496 e. The van der Waals surface area contributed by atoms with E-state index in [0.717, 1.165) is 66.3 Å². The van der Waals surface area contributed by atoms with Crippen molar-refractivity contribution in [1.82, 2.24) is 29.7 Å². The SMILES string of the molecule is CCOC(=O)[C@H]1Cc2cc(ccc2OCc2ccnc(-c3ccccc3OC)n2)CC(=O)N(CCCN2CCN(C)CC2)c2ccc(c(C)c2Cl)-c2c(-c3ccc(F)cc3)sc3ncnc(c23)O1. The summed E-state index contributed by atoms with van der Waals surface area (Å²) in [4.78, 5) is 55.4. The van der Waals surface area contributed by atoms with Gasteiger partial charge < -0.3 is 33.6 Å². The van der Waals surface area contributed by atoms with Crippen LogP contribution in [0.3, 0.4) is 0 Å². The molecule has 13 nitrogen and oxygen atoms in total. The second kappa shape index (κ2) is 20.8. The first kappa shape index (κ1) is 46.6. The zero-order chi connectivity index (χ0) is 47.3. The molecule has 3 aromatic heterocycles. The highest BCUT2D eigenvalue weighted by Crippen LogP contribution is 2.50. The van der Waals surface area contributed by atoms with E-state index in [2.05, 4.69) is 31.8 Å². The number of likely N-dealkylation sites (N-methyl/N-ethyl adjacent to an activating group) is 1. The quantitative estimate of drug-likeness (QED) is 0.108. The minimum absolute atomic E-state index is 0.00440. The van der Waals surface area contributed by atoms with Crippen molar-refractivity contribution in [3.63, 3.8) is 0 Å². The fraction of sp³-hybridized carbons (Fsp3) is 0.308. The van der Waals surface area contributed by atoms with Gasteiger partial charge >= 0.3 is 5.97 Å². The van der Waals surface area contributed by atoms with Gasteiger partial charge in [-0.3, -0.25) is 4.79 Å². The maximum Gasteiger partial charge on any atom is 0.347 e. The molecule has 16 heteroatoms. The Morgan fingerprint density at radius 1 is 0.941 bits per heavy atom. The predicted octanol–water partition coefficient (Wildman–Crippen LogP) is 9.25. The lowest BCUT2D eigenvalue weighted by Gasteiger charge is -2.33. The Morgan fingerprint density at radius 3 is 2.54 bits per heavy atom. The normalized spacial score (nSPS) is 15.6. The molecule has 7 aromatic rings. The van der Waals surface area contributed by atoms with Crippen molar-refractivity contribution in [3.8, 4) is 50.3 Å². The van der Waals surface area contributed by atoms with Gasteiger partial charge in [-0.25, -0.2) is 29.1 Å². The summed E-state index contributed by atoms with van der Waals surface area (Å²) in [7, 11) is 3.74. The fourth-order valence-electron chi connectivity index (χ4n) is 8.75. The third-order valence-electron chi connectivity index (χ3n) is 12.4. The number of amides is 1. The number of benzene rings is 4. The van der Waals surface area contributed by atoms with Crippen LogP contribution in [0.15, 0.2) is 97.5 Å². The number of piperazine rings is 1. The number of anilines is 1. The van der Waals surface area contributed by atoms with E-state index in [0.29, 0.717) is 67.2 Å². The van der Waals surface area contributed by atoms with Gasteiger partial charge in [-0.15, -0.1) is 11.3 Å². The Bertz CT molecular complexity index is 2960. The highest BCUT2D eigenvalue weighted by molar-refractivity contribution is 7.22. The number of fused-ring (bicyclic) bond motifs is 6. The zero-order valence-electron chi connectivity index (χ0n) is 38.3. The van der Waals surface area contributed by atoms with Crippen molar-refractivity contribution < 1.29 is 32.9 Å². The van der Waals surface area contributed by atoms with Gasteiger partial charge in [0.15, 0.2) is 5.82 Å². The Hall–Kier alpha value is -6.52. The fourth-order valence-corrected chi connectivity index (χ4v) is 10.2. The molecule has 6 heterocycles. The molecule has 1 atom stereocenters. The number of aromatic nitrogens is 4. The molecule has 0 N–H and O–H groups in total. The van der Waals surface area contributed by atoms with Crippen molar-refractivity contribution in [3.05, 3.63) is 131 Å². The van der Waals surface area contributed by atoms with Gasteiger partial charge in [0.25, 0.3) is 0 Å². The summed E-state index contributed by atoms with van der Waals surface area (Å²) in [6.07, 6.45) is 2.62. The molecule has 4 bridgehead atoms. The van der Waals surface area contributed by atoms with Crippen LogP contribution in [-0.2, 0) is 33.8 Å². The molecule has 1 fully saturated rings. The Kier molecular flexibility index (Phi) is 14.2. The lowest BCUT2D eigenvalue weighted by molar-refractivity contribution is -0.151. The topological polar surface area (TPSA) is 132 Å². The van der Waals surface area contributed by atoms with Gasteiger partial charge in [0.05, 0.1) is 47.5 Å². The zero-order valence-corrected chi connectivity index (χ0v) is 39.9. The summed E-state index contributed by atoms with van der Waals surface area (Å²) < 4.78 is 38.9. The minimum atomic E-state index is -1.22. The van der Waals surface area contributed by atoms with E-state index in [1.54, 1.807) is 43.3 Å². The number of thiophene rings is 1. The Balaban J connectivity index is 1.16. The molecule has 0 spiro atoms. The molecule has 0 saturated carbocycles. The summed E-state index contributed by atoms with van der Waals surface area (Å²) in [6, 6.07) is 24.9. The number of methoxy groups -OCH3 is 1. The molecule has 1 amide bonds. The second-order valence-electron chi connectivity index (χ2n) is 16.8. The van der Waals surface area contributed by atoms with E-state index in [9.17, 15) is 14.0 Å². The van der Waals surface area contributed by atoms with Crippen LogP contribution < -0.4 is 19.1 Å². The van der Waals surface area contributed by atoms with E-state index in [1.807, 2.05) is 61.5 Å². The summed E-state index contributed by atoms with van der Waals surface area (Å²) >= 11 is 8.83. The van der Waals surface area contributed by atoms with E-state index in [1.165, 1.54) is 29.8 Å². The third-order valence-corrected chi connectivity index (χ3v) is 14.0. The maximum atomic E-state index is 14.8.